The fraction of sp³-hybridized carbons (Fsp3) is 0.375. The largest absolute Gasteiger partial charge is 0.481 e. The summed E-state index contributed by atoms with van der Waals surface area (Å²) in [6, 6.07) is 0. The fourth-order valence-corrected chi connectivity index (χ4v) is 2.17. The van der Waals surface area contributed by atoms with Gasteiger partial charge in [-0.2, -0.15) is 0 Å². The van der Waals surface area contributed by atoms with Gasteiger partial charge in [0.1, 0.15) is 0 Å². The smallest absolute Gasteiger partial charge is 0.307 e. The average Bonchev–Trinajstić information content (AvgIpc) is 2.02. The highest BCUT2D eigenvalue weighted by molar-refractivity contribution is 8.16. The van der Waals surface area contributed by atoms with Crippen LogP contribution in [0.1, 0.15) is 19.3 Å². The summed E-state index contributed by atoms with van der Waals surface area (Å²) in [6.07, 6.45) is 3.54. The normalized spacial score (nSPS) is 17.2. The molecule has 0 unspecified atom stereocenters. The van der Waals surface area contributed by atoms with E-state index in [-0.39, 0.29) is 17.7 Å². The quantitative estimate of drug-likeness (QED) is 0.756. The van der Waals surface area contributed by atoms with Crippen LogP contribution in [0.2, 0.25) is 0 Å². The molecule has 0 atom stereocenters. The number of halogens is 1. The van der Waals surface area contributed by atoms with Crippen molar-refractivity contribution in [3.05, 3.63) is 22.6 Å². The van der Waals surface area contributed by atoms with Gasteiger partial charge in [0.25, 0.3) is 9.05 Å². The van der Waals surface area contributed by atoms with E-state index in [1.54, 1.807) is 0 Å². The van der Waals surface area contributed by atoms with Gasteiger partial charge in [-0.1, -0.05) is 11.6 Å². The van der Waals surface area contributed by atoms with Crippen LogP contribution in [-0.4, -0.2) is 19.5 Å². The molecule has 0 aromatic carbocycles. The van der Waals surface area contributed by atoms with Crippen molar-refractivity contribution in [3.63, 3.8) is 0 Å². The topological polar surface area (TPSA) is 71.4 Å². The Bertz CT molecular complexity index is 405. The third kappa shape index (κ3) is 3.16. The number of carboxylic acids is 1. The predicted molar refractivity (Wildman–Crippen MR) is 52.4 cm³/mol. The van der Waals surface area contributed by atoms with Crippen LogP contribution in [0, 0.1) is 0 Å². The van der Waals surface area contributed by atoms with E-state index in [4.69, 9.17) is 15.8 Å². The van der Waals surface area contributed by atoms with Crippen molar-refractivity contribution < 1.29 is 18.3 Å². The molecule has 14 heavy (non-hydrogen) atoms. The summed E-state index contributed by atoms with van der Waals surface area (Å²) in [4.78, 5) is 10.5. The van der Waals surface area contributed by atoms with Crippen LogP contribution in [0.25, 0.3) is 0 Å². The summed E-state index contributed by atoms with van der Waals surface area (Å²) in [6.45, 7) is 0. The first-order valence-electron chi connectivity index (χ1n) is 3.94. The molecule has 1 aliphatic rings. The monoisotopic (exact) mass is 236 g/mol. The Balaban J connectivity index is 2.79. The molecule has 78 valence electrons. The Morgan fingerprint density at radius 1 is 1.43 bits per heavy atom. The van der Waals surface area contributed by atoms with Gasteiger partial charge in [-0.25, -0.2) is 8.42 Å². The first kappa shape index (κ1) is 11.3. The highest BCUT2D eigenvalue weighted by Crippen LogP contribution is 2.26. The maximum absolute atomic E-state index is 10.9. The van der Waals surface area contributed by atoms with Crippen molar-refractivity contribution in [1.82, 2.24) is 0 Å². The van der Waals surface area contributed by atoms with Crippen molar-refractivity contribution in [3.8, 4) is 0 Å². The van der Waals surface area contributed by atoms with Crippen molar-refractivity contribution in [1.29, 1.82) is 0 Å². The SMILES string of the molecule is O=C(O)CC1=CC=C(S(=O)(=O)Cl)CC1. The molecule has 0 aromatic rings. The first-order valence-corrected chi connectivity index (χ1v) is 6.25. The van der Waals surface area contributed by atoms with Crippen LogP contribution in [0.3, 0.4) is 0 Å². The Labute approximate surface area is 86.3 Å². The summed E-state index contributed by atoms with van der Waals surface area (Å²) >= 11 is 0. The van der Waals surface area contributed by atoms with Crippen LogP contribution in [-0.2, 0) is 13.8 Å². The molecule has 0 fully saturated rings. The predicted octanol–water partition coefficient (Wildman–Crippen LogP) is 1.63. The molecule has 0 radical (unpaired) electrons. The molecule has 1 aliphatic carbocycles. The Morgan fingerprint density at radius 3 is 2.43 bits per heavy atom. The number of carbonyl (C=O) groups is 1. The van der Waals surface area contributed by atoms with E-state index in [9.17, 15) is 13.2 Å². The zero-order valence-electron chi connectivity index (χ0n) is 7.23. The van der Waals surface area contributed by atoms with Gasteiger partial charge >= 0.3 is 5.97 Å². The van der Waals surface area contributed by atoms with Crippen LogP contribution in [0.15, 0.2) is 22.6 Å². The molecule has 1 rings (SSSR count). The second-order valence-electron chi connectivity index (χ2n) is 2.97. The van der Waals surface area contributed by atoms with Crippen LogP contribution in [0.5, 0.6) is 0 Å². The van der Waals surface area contributed by atoms with Crippen molar-refractivity contribution in [2.45, 2.75) is 19.3 Å². The molecule has 4 nitrogen and oxygen atoms in total. The lowest BCUT2D eigenvalue weighted by molar-refractivity contribution is -0.136. The lowest BCUT2D eigenvalue weighted by Crippen LogP contribution is -2.03. The standard InChI is InChI=1S/C8H9ClO4S/c9-14(12,13)7-3-1-6(2-4-7)5-8(10)11/h1,3H,2,4-5H2,(H,10,11). The fourth-order valence-electron chi connectivity index (χ4n) is 1.21. The van der Waals surface area contributed by atoms with Crippen molar-refractivity contribution in [2.24, 2.45) is 0 Å². The summed E-state index contributed by atoms with van der Waals surface area (Å²) in [5, 5.41) is 8.49. The second kappa shape index (κ2) is 4.14. The molecule has 0 heterocycles. The van der Waals surface area contributed by atoms with Gasteiger partial charge in [-0.05, 0) is 18.9 Å². The molecule has 0 spiro atoms. The zero-order chi connectivity index (χ0) is 10.8. The third-order valence-electron chi connectivity index (χ3n) is 1.89. The van der Waals surface area contributed by atoms with Gasteiger partial charge < -0.3 is 5.11 Å². The van der Waals surface area contributed by atoms with E-state index >= 15 is 0 Å². The van der Waals surface area contributed by atoms with Crippen LogP contribution in [0.4, 0.5) is 0 Å². The first-order chi connectivity index (χ1) is 6.39. The minimum absolute atomic E-state index is 0.0495. The van der Waals surface area contributed by atoms with Crippen LogP contribution >= 0.6 is 10.7 Å². The average molecular weight is 237 g/mol. The number of aliphatic carboxylic acids is 1. The van der Waals surface area contributed by atoms with Crippen molar-refractivity contribution >= 4 is 25.7 Å². The van der Waals surface area contributed by atoms with Gasteiger partial charge in [0.15, 0.2) is 0 Å². The zero-order valence-corrected chi connectivity index (χ0v) is 8.81. The Morgan fingerprint density at radius 2 is 2.07 bits per heavy atom. The minimum atomic E-state index is -3.64. The molecular weight excluding hydrogens is 228 g/mol. The van der Waals surface area contributed by atoms with Gasteiger partial charge in [-0.3, -0.25) is 4.79 Å². The minimum Gasteiger partial charge on any atom is -0.481 e. The number of allylic oxidation sites excluding steroid dienone is 3. The Hall–Kier alpha value is -0.810. The highest BCUT2D eigenvalue weighted by Gasteiger charge is 2.17. The molecule has 6 heteroatoms. The lowest BCUT2D eigenvalue weighted by Gasteiger charge is -2.10. The van der Waals surface area contributed by atoms with Gasteiger partial charge in [0, 0.05) is 10.7 Å². The summed E-state index contributed by atoms with van der Waals surface area (Å²) in [7, 11) is 1.49. The van der Waals surface area contributed by atoms with Crippen molar-refractivity contribution in [2.75, 3.05) is 0 Å². The number of hydrogen-bond acceptors (Lipinski definition) is 3. The lowest BCUT2D eigenvalue weighted by atomic mass is 10.0. The molecule has 0 bridgehead atoms. The van der Waals surface area contributed by atoms with Crippen LogP contribution < -0.4 is 0 Å². The van der Waals surface area contributed by atoms with E-state index in [1.165, 1.54) is 12.2 Å². The molecule has 0 aliphatic heterocycles. The molecular formula is C8H9ClO4S. The maximum Gasteiger partial charge on any atom is 0.307 e. The second-order valence-corrected chi connectivity index (χ2v) is 5.59. The summed E-state index contributed by atoms with van der Waals surface area (Å²) in [5.74, 6) is -0.915. The van der Waals surface area contributed by atoms with E-state index in [0.29, 0.717) is 12.0 Å². The highest BCUT2D eigenvalue weighted by atomic mass is 35.7. The van der Waals surface area contributed by atoms with E-state index in [0.717, 1.165) is 0 Å². The Kier molecular flexibility index (Phi) is 3.34. The summed E-state index contributed by atoms with van der Waals surface area (Å²) < 4.78 is 21.7. The maximum atomic E-state index is 10.9. The molecule has 0 amide bonds. The number of carboxylic acid groups (broad SMARTS) is 1. The molecule has 0 saturated heterocycles. The van der Waals surface area contributed by atoms with Gasteiger partial charge in [0.05, 0.1) is 11.3 Å². The summed E-state index contributed by atoms with van der Waals surface area (Å²) in [5.41, 5.74) is 0.710. The molecule has 0 saturated carbocycles. The van der Waals surface area contributed by atoms with E-state index in [1.807, 2.05) is 0 Å². The molecule has 1 N–H and O–H groups in total. The molecule has 0 aromatic heterocycles. The van der Waals surface area contributed by atoms with E-state index in [2.05, 4.69) is 0 Å². The van der Waals surface area contributed by atoms with Gasteiger partial charge in [0.2, 0.25) is 0 Å². The number of rotatable bonds is 3. The van der Waals surface area contributed by atoms with Gasteiger partial charge in [-0.15, -0.1) is 0 Å². The number of hydrogen-bond donors (Lipinski definition) is 1. The third-order valence-corrected chi connectivity index (χ3v) is 3.45. The van der Waals surface area contributed by atoms with E-state index < -0.39 is 15.0 Å².